The summed E-state index contributed by atoms with van der Waals surface area (Å²) in [6.07, 6.45) is 3.56. The van der Waals surface area contributed by atoms with Crippen LogP contribution in [-0.2, 0) is 11.3 Å². The second-order valence-electron chi connectivity index (χ2n) is 5.81. The van der Waals surface area contributed by atoms with Gasteiger partial charge in [-0.1, -0.05) is 44.2 Å². The van der Waals surface area contributed by atoms with Gasteiger partial charge < -0.3 is 5.32 Å². The Morgan fingerprint density at radius 3 is 2.64 bits per heavy atom. The van der Waals surface area contributed by atoms with E-state index in [1.807, 2.05) is 50.4 Å². The first-order valence-electron chi connectivity index (χ1n) is 7.25. The summed E-state index contributed by atoms with van der Waals surface area (Å²) in [4.78, 5) is 12.1. The lowest BCUT2D eigenvalue weighted by Gasteiger charge is -2.27. The van der Waals surface area contributed by atoms with Gasteiger partial charge in [0.05, 0.1) is 12.3 Å². The van der Waals surface area contributed by atoms with E-state index in [1.54, 1.807) is 17.8 Å². The molecule has 1 amide bonds. The third-order valence-corrected chi connectivity index (χ3v) is 3.83. The van der Waals surface area contributed by atoms with Gasteiger partial charge in [0.1, 0.15) is 12.1 Å². The van der Waals surface area contributed by atoms with Gasteiger partial charge >= 0.3 is 0 Å². The van der Waals surface area contributed by atoms with Crippen molar-refractivity contribution < 1.29 is 4.79 Å². The molecule has 0 saturated carbocycles. The summed E-state index contributed by atoms with van der Waals surface area (Å²) < 4.78 is 1.58. The number of benzene rings is 1. The van der Waals surface area contributed by atoms with Gasteiger partial charge in [-0.3, -0.25) is 9.48 Å². The van der Waals surface area contributed by atoms with Gasteiger partial charge in [-0.25, -0.2) is 0 Å². The molecule has 0 radical (unpaired) electrons. The number of rotatable bonds is 5. The van der Waals surface area contributed by atoms with Crippen molar-refractivity contribution in [1.82, 2.24) is 15.1 Å². The molecule has 0 unspecified atom stereocenters. The number of aromatic nitrogens is 2. The maximum Gasteiger partial charge on any atom is 0.242 e. The molecule has 1 atom stereocenters. The molecule has 2 rings (SSSR count). The first-order valence-corrected chi connectivity index (χ1v) is 7.25. The molecule has 1 heterocycles. The summed E-state index contributed by atoms with van der Waals surface area (Å²) in [5.41, 5.74) is 1.14. The summed E-state index contributed by atoms with van der Waals surface area (Å²) in [6.45, 7) is 5.64. The average molecular weight is 296 g/mol. The largest absolute Gasteiger partial charge is 0.336 e. The van der Waals surface area contributed by atoms with E-state index < -0.39 is 5.54 Å². The molecule has 0 bridgehead atoms. The van der Waals surface area contributed by atoms with Crippen LogP contribution in [0.15, 0.2) is 42.7 Å². The minimum Gasteiger partial charge on any atom is -0.336 e. The molecule has 1 aromatic heterocycles. The van der Waals surface area contributed by atoms with E-state index in [9.17, 15) is 10.1 Å². The first kappa shape index (κ1) is 15.8. The number of nitrogens with zero attached hydrogens (tertiary/aromatic N) is 3. The molecule has 1 N–H and O–H groups in total. The molecule has 0 aliphatic rings. The zero-order chi connectivity index (χ0) is 16.2. The van der Waals surface area contributed by atoms with Crippen molar-refractivity contribution in [3.63, 3.8) is 0 Å². The van der Waals surface area contributed by atoms with Crippen LogP contribution in [0.4, 0.5) is 0 Å². The standard InChI is InChI=1S/C17H20N4O/c1-13(2)17(3,12-18)20-16(22)11-21-10-15(9-19-21)14-7-5-4-6-8-14/h4-10,13H,11H2,1-3H3,(H,20,22)/t17-/m0/s1. The molecule has 2 aromatic rings. The Balaban J connectivity index is 2.05. The normalized spacial score (nSPS) is 13.4. The average Bonchev–Trinajstić information content (AvgIpc) is 2.96. The Morgan fingerprint density at radius 1 is 1.36 bits per heavy atom. The number of amides is 1. The van der Waals surface area contributed by atoms with Crippen LogP contribution in [-0.4, -0.2) is 21.2 Å². The van der Waals surface area contributed by atoms with Crippen molar-refractivity contribution in [2.24, 2.45) is 5.92 Å². The van der Waals surface area contributed by atoms with E-state index >= 15 is 0 Å². The Labute approximate surface area is 130 Å². The highest BCUT2D eigenvalue weighted by Gasteiger charge is 2.29. The maximum absolute atomic E-state index is 12.1. The summed E-state index contributed by atoms with van der Waals surface area (Å²) in [5, 5.41) is 16.2. The topological polar surface area (TPSA) is 70.7 Å². The van der Waals surface area contributed by atoms with Gasteiger partial charge in [-0.2, -0.15) is 10.4 Å². The smallest absolute Gasteiger partial charge is 0.242 e. The Morgan fingerprint density at radius 2 is 2.05 bits per heavy atom. The van der Waals surface area contributed by atoms with Gasteiger partial charge in [0.25, 0.3) is 0 Å². The summed E-state index contributed by atoms with van der Waals surface area (Å²) in [7, 11) is 0. The van der Waals surface area contributed by atoms with Crippen molar-refractivity contribution in [1.29, 1.82) is 5.26 Å². The molecule has 0 fully saturated rings. The van der Waals surface area contributed by atoms with Gasteiger partial charge in [0.15, 0.2) is 0 Å². The van der Waals surface area contributed by atoms with Crippen LogP contribution in [0.5, 0.6) is 0 Å². The highest BCUT2D eigenvalue weighted by atomic mass is 16.2. The predicted molar refractivity (Wildman–Crippen MR) is 84.7 cm³/mol. The van der Waals surface area contributed by atoms with Crippen molar-refractivity contribution in [3.8, 4) is 17.2 Å². The van der Waals surface area contributed by atoms with E-state index in [-0.39, 0.29) is 18.4 Å². The van der Waals surface area contributed by atoms with Crippen molar-refractivity contribution >= 4 is 5.91 Å². The fourth-order valence-electron chi connectivity index (χ4n) is 2.01. The molecule has 1 aromatic carbocycles. The second kappa shape index (κ2) is 6.44. The molecule has 0 aliphatic heterocycles. The fraction of sp³-hybridized carbons (Fsp3) is 0.353. The van der Waals surface area contributed by atoms with Gasteiger partial charge in [0.2, 0.25) is 5.91 Å². The van der Waals surface area contributed by atoms with E-state index in [0.29, 0.717) is 0 Å². The zero-order valence-corrected chi connectivity index (χ0v) is 13.1. The molecule has 5 heteroatoms. The Hall–Kier alpha value is -2.61. The Kier molecular flexibility index (Phi) is 4.62. The first-order chi connectivity index (χ1) is 10.4. The number of hydrogen-bond acceptors (Lipinski definition) is 3. The van der Waals surface area contributed by atoms with Crippen molar-refractivity contribution in [2.75, 3.05) is 0 Å². The summed E-state index contributed by atoms with van der Waals surface area (Å²) in [6, 6.07) is 12.0. The quantitative estimate of drug-likeness (QED) is 0.922. The van der Waals surface area contributed by atoms with Crippen molar-refractivity contribution in [3.05, 3.63) is 42.7 Å². The number of carbonyl (C=O) groups is 1. The molecule has 22 heavy (non-hydrogen) atoms. The minimum atomic E-state index is -0.869. The number of hydrogen-bond donors (Lipinski definition) is 1. The molecular weight excluding hydrogens is 276 g/mol. The van der Waals surface area contributed by atoms with Gasteiger partial charge in [0, 0.05) is 11.8 Å². The Bertz CT molecular complexity index is 684. The van der Waals surface area contributed by atoms with Crippen LogP contribution >= 0.6 is 0 Å². The number of nitriles is 1. The molecule has 114 valence electrons. The lowest BCUT2D eigenvalue weighted by Crippen LogP contribution is -2.49. The lowest BCUT2D eigenvalue weighted by molar-refractivity contribution is -0.123. The second-order valence-corrected chi connectivity index (χ2v) is 5.81. The van der Waals surface area contributed by atoms with Crippen LogP contribution < -0.4 is 5.32 Å². The van der Waals surface area contributed by atoms with Crippen molar-refractivity contribution in [2.45, 2.75) is 32.9 Å². The van der Waals surface area contributed by atoms with Crippen LogP contribution in [0, 0.1) is 17.2 Å². The molecular formula is C17H20N4O. The lowest BCUT2D eigenvalue weighted by atomic mass is 9.90. The third-order valence-electron chi connectivity index (χ3n) is 3.83. The summed E-state index contributed by atoms with van der Waals surface area (Å²) in [5.74, 6) is -0.195. The van der Waals surface area contributed by atoms with Crippen LogP contribution in [0.1, 0.15) is 20.8 Å². The molecule has 0 saturated heterocycles. The highest BCUT2D eigenvalue weighted by molar-refractivity contribution is 5.77. The minimum absolute atomic E-state index is 0.0268. The van der Waals surface area contributed by atoms with Crippen LogP contribution in [0.2, 0.25) is 0 Å². The summed E-state index contributed by atoms with van der Waals surface area (Å²) >= 11 is 0. The molecule has 0 aliphatic carbocycles. The molecule has 5 nitrogen and oxygen atoms in total. The van der Waals surface area contributed by atoms with Gasteiger partial charge in [-0.15, -0.1) is 0 Å². The van der Waals surface area contributed by atoms with E-state index in [1.165, 1.54) is 0 Å². The van der Waals surface area contributed by atoms with E-state index in [2.05, 4.69) is 16.5 Å². The highest BCUT2D eigenvalue weighted by Crippen LogP contribution is 2.18. The molecule has 0 spiro atoms. The third kappa shape index (κ3) is 3.53. The van der Waals surface area contributed by atoms with E-state index in [0.717, 1.165) is 11.1 Å². The fourth-order valence-corrected chi connectivity index (χ4v) is 2.01. The van der Waals surface area contributed by atoms with Crippen LogP contribution in [0.25, 0.3) is 11.1 Å². The SMILES string of the molecule is CC(C)[C@](C)(C#N)NC(=O)Cn1cc(-c2ccccc2)cn1. The predicted octanol–water partition coefficient (Wildman–Crippen LogP) is 2.60. The number of nitrogens with one attached hydrogen (secondary N) is 1. The van der Waals surface area contributed by atoms with Gasteiger partial charge in [-0.05, 0) is 18.4 Å². The number of carbonyl (C=O) groups excluding carboxylic acids is 1. The maximum atomic E-state index is 12.1. The van der Waals surface area contributed by atoms with Crippen LogP contribution in [0.3, 0.4) is 0 Å². The van der Waals surface area contributed by atoms with E-state index in [4.69, 9.17) is 0 Å². The zero-order valence-electron chi connectivity index (χ0n) is 13.1. The monoisotopic (exact) mass is 296 g/mol.